The van der Waals surface area contributed by atoms with Gasteiger partial charge < -0.3 is 10.0 Å². The van der Waals surface area contributed by atoms with Gasteiger partial charge in [0.2, 0.25) is 0 Å². The van der Waals surface area contributed by atoms with Crippen molar-refractivity contribution in [3.8, 4) is 0 Å². The Morgan fingerprint density at radius 1 is 1.75 bits per heavy atom. The van der Waals surface area contributed by atoms with E-state index in [2.05, 4.69) is 11.6 Å². The van der Waals surface area contributed by atoms with Crippen molar-refractivity contribution in [1.82, 2.24) is 4.90 Å². The third-order valence-corrected chi connectivity index (χ3v) is 1.96. The molecule has 68 valence electrons. The summed E-state index contributed by atoms with van der Waals surface area (Å²) in [5.74, 6) is 0.698. The Morgan fingerprint density at radius 2 is 2.42 bits per heavy atom. The summed E-state index contributed by atoms with van der Waals surface area (Å²) in [5.41, 5.74) is 0. The minimum atomic E-state index is -1.15. The van der Waals surface area contributed by atoms with E-state index in [4.69, 9.17) is 5.11 Å². The Balaban J connectivity index is 2.56. The largest absolute Gasteiger partial charge is 0.388 e. The Kier molecular flexibility index (Phi) is 2.81. The minimum Gasteiger partial charge on any atom is -0.388 e. The van der Waals surface area contributed by atoms with E-state index in [0.717, 1.165) is 0 Å². The number of alkyl halides is 1. The van der Waals surface area contributed by atoms with Crippen molar-refractivity contribution in [1.29, 1.82) is 0 Å². The van der Waals surface area contributed by atoms with Crippen LogP contribution in [-0.4, -0.2) is 41.2 Å². The first-order valence-corrected chi connectivity index (χ1v) is 3.87. The third-order valence-electron chi connectivity index (χ3n) is 1.96. The van der Waals surface area contributed by atoms with Crippen LogP contribution in [0.15, 0.2) is 17.8 Å². The number of aliphatic imine (C=N–C) groups is 1. The van der Waals surface area contributed by atoms with E-state index in [1.54, 1.807) is 11.8 Å². The Morgan fingerprint density at radius 3 is 2.83 bits per heavy atom. The minimum absolute atomic E-state index is 0.227. The summed E-state index contributed by atoms with van der Waals surface area (Å²) in [6.07, 6.45) is -0.618. The third kappa shape index (κ3) is 1.82. The maximum atomic E-state index is 12.8. The molecule has 1 saturated heterocycles. The van der Waals surface area contributed by atoms with Crippen LogP contribution in [0.3, 0.4) is 0 Å². The predicted molar refractivity (Wildman–Crippen MR) is 45.8 cm³/mol. The molecule has 1 heterocycles. The molecule has 1 aliphatic rings. The predicted octanol–water partition coefficient (Wildman–Crippen LogP) is 0.563. The highest BCUT2D eigenvalue weighted by Gasteiger charge is 2.31. The summed E-state index contributed by atoms with van der Waals surface area (Å²) in [6, 6.07) is 0. The van der Waals surface area contributed by atoms with Crippen LogP contribution >= 0.6 is 0 Å². The normalized spacial score (nSPS) is 30.9. The van der Waals surface area contributed by atoms with Gasteiger partial charge in [0, 0.05) is 12.7 Å². The van der Waals surface area contributed by atoms with Crippen LogP contribution < -0.4 is 0 Å². The van der Waals surface area contributed by atoms with E-state index in [1.165, 1.54) is 6.20 Å². The second-order valence-electron chi connectivity index (χ2n) is 2.85. The number of β-amino-alcohol motifs (C(OH)–C–C–N with tert-alkyl or cyclic N) is 1. The van der Waals surface area contributed by atoms with Crippen LogP contribution in [0, 0.1) is 0 Å². The smallest absolute Gasteiger partial charge is 0.145 e. The SMILES string of the molecule is C=CN=C(C)N1CC(O)C(F)C1. The summed E-state index contributed by atoms with van der Waals surface area (Å²) < 4.78 is 12.8. The zero-order chi connectivity index (χ0) is 9.14. The average Bonchev–Trinajstić information content (AvgIpc) is 2.33. The molecule has 0 aromatic rings. The van der Waals surface area contributed by atoms with Crippen LogP contribution in [0.25, 0.3) is 0 Å². The summed E-state index contributed by atoms with van der Waals surface area (Å²) >= 11 is 0. The number of nitrogens with zero attached hydrogens (tertiary/aromatic N) is 2. The summed E-state index contributed by atoms with van der Waals surface area (Å²) in [6.45, 7) is 5.76. The van der Waals surface area contributed by atoms with Crippen molar-refractivity contribution < 1.29 is 9.50 Å². The fourth-order valence-electron chi connectivity index (χ4n) is 1.22. The molecule has 0 bridgehead atoms. The molecule has 0 spiro atoms. The zero-order valence-corrected chi connectivity index (χ0v) is 7.07. The van der Waals surface area contributed by atoms with Gasteiger partial charge >= 0.3 is 0 Å². The molecule has 2 atom stereocenters. The number of aliphatic hydroxyl groups is 1. The molecule has 4 heteroatoms. The number of rotatable bonds is 1. The molecule has 0 aromatic carbocycles. The molecular formula is C8H13FN2O. The second-order valence-corrected chi connectivity index (χ2v) is 2.85. The monoisotopic (exact) mass is 172 g/mol. The lowest BCUT2D eigenvalue weighted by atomic mass is 10.3. The number of hydrogen-bond acceptors (Lipinski definition) is 2. The fraction of sp³-hybridized carbons (Fsp3) is 0.625. The molecule has 0 saturated carbocycles. The first-order chi connectivity index (χ1) is 5.65. The Labute approximate surface area is 71.2 Å². The topological polar surface area (TPSA) is 35.8 Å². The van der Waals surface area contributed by atoms with E-state index in [9.17, 15) is 4.39 Å². The van der Waals surface area contributed by atoms with Gasteiger partial charge in [-0.25, -0.2) is 9.38 Å². The fourth-order valence-corrected chi connectivity index (χ4v) is 1.22. The quantitative estimate of drug-likeness (QED) is 0.463. The highest BCUT2D eigenvalue weighted by atomic mass is 19.1. The zero-order valence-electron chi connectivity index (χ0n) is 7.07. The van der Waals surface area contributed by atoms with Gasteiger partial charge in [-0.3, -0.25) is 0 Å². The highest BCUT2D eigenvalue weighted by molar-refractivity contribution is 5.80. The van der Waals surface area contributed by atoms with Gasteiger partial charge in [-0.15, -0.1) is 0 Å². The van der Waals surface area contributed by atoms with Gasteiger partial charge in [0.25, 0.3) is 0 Å². The van der Waals surface area contributed by atoms with Gasteiger partial charge in [-0.2, -0.15) is 0 Å². The standard InChI is InChI=1S/C8H13FN2O/c1-3-10-6(2)11-4-7(9)8(12)5-11/h3,7-8,12H,1,4-5H2,2H3. The lowest BCUT2D eigenvalue weighted by molar-refractivity contribution is 0.117. The molecule has 3 nitrogen and oxygen atoms in total. The summed E-state index contributed by atoms with van der Waals surface area (Å²) in [5, 5.41) is 9.09. The van der Waals surface area contributed by atoms with E-state index in [1.807, 2.05) is 0 Å². The molecule has 1 N–H and O–H groups in total. The van der Waals surface area contributed by atoms with Crippen molar-refractivity contribution in [3.63, 3.8) is 0 Å². The summed E-state index contributed by atoms with van der Waals surface area (Å²) in [4.78, 5) is 5.61. The highest BCUT2D eigenvalue weighted by Crippen LogP contribution is 2.13. The molecule has 12 heavy (non-hydrogen) atoms. The van der Waals surface area contributed by atoms with Gasteiger partial charge in [0.1, 0.15) is 18.1 Å². The van der Waals surface area contributed by atoms with Crippen LogP contribution in [-0.2, 0) is 0 Å². The van der Waals surface area contributed by atoms with Gasteiger partial charge in [0.05, 0.1) is 6.54 Å². The molecule has 0 radical (unpaired) electrons. The van der Waals surface area contributed by atoms with E-state index >= 15 is 0 Å². The number of hydrogen-bond donors (Lipinski definition) is 1. The molecule has 0 aromatic heterocycles. The molecule has 2 unspecified atom stereocenters. The van der Waals surface area contributed by atoms with Gasteiger partial charge in [-0.05, 0) is 6.92 Å². The van der Waals surface area contributed by atoms with Crippen molar-refractivity contribution in [2.75, 3.05) is 13.1 Å². The van der Waals surface area contributed by atoms with Crippen molar-refractivity contribution in [2.45, 2.75) is 19.2 Å². The van der Waals surface area contributed by atoms with Crippen LogP contribution in [0.1, 0.15) is 6.92 Å². The number of amidine groups is 1. The number of likely N-dealkylation sites (tertiary alicyclic amines) is 1. The Bertz CT molecular complexity index is 195. The van der Waals surface area contributed by atoms with Crippen molar-refractivity contribution in [2.24, 2.45) is 4.99 Å². The number of halogens is 1. The molecule has 1 fully saturated rings. The van der Waals surface area contributed by atoms with Crippen molar-refractivity contribution in [3.05, 3.63) is 12.8 Å². The van der Waals surface area contributed by atoms with E-state index in [0.29, 0.717) is 12.4 Å². The van der Waals surface area contributed by atoms with Crippen LogP contribution in [0.4, 0.5) is 4.39 Å². The van der Waals surface area contributed by atoms with E-state index in [-0.39, 0.29) is 6.54 Å². The van der Waals surface area contributed by atoms with E-state index < -0.39 is 12.3 Å². The lowest BCUT2D eigenvalue weighted by Gasteiger charge is -2.15. The molecular weight excluding hydrogens is 159 g/mol. The molecule has 1 rings (SSSR count). The average molecular weight is 172 g/mol. The van der Waals surface area contributed by atoms with Gasteiger partial charge in [-0.1, -0.05) is 6.58 Å². The molecule has 0 amide bonds. The first-order valence-electron chi connectivity index (χ1n) is 3.87. The second kappa shape index (κ2) is 3.67. The van der Waals surface area contributed by atoms with Crippen molar-refractivity contribution >= 4 is 5.84 Å². The van der Waals surface area contributed by atoms with Crippen LogP contribution in [0.5, 0.6) is 0 Å². The van der Waals surface area contributed by atoms with Crippen LogP contribution in [0.2, 0.25) is 0 Å². The van der Waals surface area contributed by atoms with Gasteiger partial charge in [0.15, 0.2) is 0 Å². The maximum Gasteiger partial charge on any atom is 0.145 e. The summed E-state index contributed by atoms with van der Waals surface area (Å²) in [7, 11) is 0. The molecule has 0 aliphatic carbocycles. The lowest BCUT2D eigenvalue weighted by Crippen LogP contribution is -2.27. The Hall–Kier alpha value is -0.900. The number of aliphatic hydroxyl groups excluding tert-OH is 1. The molecule has 1 aliphatic heterocycles. The first kappa shape index (κ1) is 9.19. The maximum absolute atomic E-state index is 12.8.